The number of carbonyl (C=O) groups is 1. The Balaban J connectivity index is 1.47. The summed E-state index contributed by atoms with van der Waals surface area (Å²) in [6, 6.07) is 0.350. The Bertz CT molecular complexity index is 691. The van der Waals surface area contributed by atoms with Crippen LogP contribution in [0.15, 0.2) is 15.5 Å². The summed E-state index contributed by atoms with van der Waals surface area (Å²) in [6.07, 6.45) is 6.35. The monoisotopic (exact) mass is 425 g/mol. The minimum Gasteiger partial charge on any atom is -0.367 e. The highest BCUT2D eigenvalue weighted by Crippen LogP contribution is 2.24. The van der Waals surface area contributed by atoms with Crippen molar-refractivity contribution in [3.05, 3.63) is 21.0 Å². The van der Waals surface area contributed by atoms with Crippen molar-refractivity contribution in [2.24, 2.45) is 13.0 Å². The summed E-state index contributed by atoms with van der Waals surface area (Å²) >= 11 is 3.39. The van der Waals surface area contributed by atoms with E-state index in [-0.39, 0.29) is 11.5 Å². The molecule has 0 aromatic carbocycles. The third kappa shape index (κ3) is 4.65. The summed E-state index contributed by atoms with van der Waals surface area (Å²) in [5.74, 6) is 0.925. The van der Waals surface area contributed by atoms with E-state index < -0.39 is 0 Å². The molecule has 1 amide bonds. The van der Waals surface area contributed by atoms with Crippen LogP contribution >= 0.6 is 15.9 Å². The van der Waals surface area contributed by atoms with Gasteiger partial charge >= 0.3 is 0 Å². The molecule has 2 heterocycles. The lowest BCUT2D eigenvalue weighted by molar-refractivity contribution is -0.123. The summed E-state index contributed by atoms with van der Waals surface area (Å²) < 4.78 is 1.87. The zero-order valence-corrected chi connectivity index (χ0v) is 17.2. The normalized spacial score (nSPS) is 24.5. The zero-order chi connectivity index (χ0) is 18.7. The topological polar surface area (TPSA) is 70.5 Å². The minimum absolute atomic E-state index is 0.133. The van der Waals surface area contributed by atoms with E-state index in [0.29, 0.717) is 17.1 Å². The van der Waals surface area contributed by atoms with Crippen molar-refractivity contribution in [2.45, 2.75) is 38.6 Å². The van der Waals surface area contributed by atoms with E-state index in [1.54, 1.807) is 13.2 Å². The first-order valence-corrected chi connectivity index (χ1v) is 10.2. The molecule has 0 bridgehead atoms. The van der Waals surface area contributed by atoms with Gasteiger partial charge in [-0.3, -0.25) is 14.5 Å². The number of anilines is 1. The number of carbonyl (C=O) groups excluding carboxylic acids is 1. The number of halogens is 1. The number of nitrogens with one attached hydrogen (secondary N) is 1. The molecule has 1 aromatic heterocycles. The molecule has 2 aliphatic rings. The summed E-state index contributed by atoms with van der Waals surface area (Å²) in [5.41, 5.74) is 0.694. The molecule has 0 unspecified atom stereocenters. The maximum absolute atomic E-state index is 12.3. The van der Waals surface area contributed by atoms with Gasteiger partial charge in [-0.05, 0) is 47.5 Å². The number of aryl methyl sites for hydroxylation is 1. The van der Waals surface area contributed by atoms with Gasteiger partial charge in [0.1, 0.15) is 4.47 Å². The van der Waals surface area contributed by atoms with Crippen LogP contribution in [0.1, 0.15) is 32.6 Å². The van der Waals surface area contributed by atoms with Crippen molar-refractivity contribution < 1.29 is 4.79 Å². The van der Waals surface area contributed by atoms with Crippen molar-refractivity contribution in [3.8, 4) is 0 Å². The molecule has 1 N–H and O–H groups in total. The van der Waals surface area contributed by atoms with Crippen LogP contribution in [0, 0.1) is 5.92 Å². The Kier molecular flexibility index (Phi) is 6.34. The largest absolute Gasteiger partial charge is 0.367 e. The average molecular weight is 426 g/mol. The van der Waals surface area contributed by atoms with E-state index in [1.165, 1.54) is 17.5 Å². The fourth-order valence-corrected chi connectivity index (χ4v) is 4.36. The maximum atomic E-state index is 12.3. The Labute approximate surface area is 162 Å². The second-order valence-electron chi connectivity index (χ2n) is 7.56. The number of aromatic nitrogens is 2. The fourth-order valence-electron chi connectivity index (χ4n) is 3.75. The van der Waals surface area contributed by atoms with Crippen molar-refractivity contribution in [1.82, 2.24) is 20.0 Å². The van der Waals surface area contributed by atoms with Gasteiger partial charge < -0.3 is 10.2 Å². The first kappa shape index (κ1) is 19.4. The van der Waals surface area contributed by atoms with Crippen molar-refractivity contribution in [1.29, 1.82) is 0 Å². The zero-order valence-electron chi connectivity index (χ0n) is 15.6. The number of nitrogens with zero attached hydrogens (tertiary/aromatic N) is 4. The second-order valence-corrected chi connectivity index (χ2v) is 8.35. The van der Waals surface area contributed by atoms with E-state index in [1.807, 2.05) is 0 Å². The Morgan fingerprint density at radius 3 is 2.54 bits per heavy atom. The van der Waals surface area contributed by atoms with Gasteiger partial charge in [0.05, 0.1) is 18.4 Å². The van der Waals surface area contributed by atoms with Crippen LogP contribution in [0.3, 0.4) is 0 Å². The van der Waals surface area contributed by atoms with Crippen molar-refractivity contribution in [3.63, 3.8) is 0 Å². The molecule has 0 spiro atoms. The maximum Gasteiger partial charge on any atom is 0.282 e. The number of rotatable bonds is 4. The predicted octanol–water partition coefficient (Wildman–Crippen LogP) is 1.36. The molecule has 1 aliphatic heterocycles. The van der Waals surface area contributed by atoms with E-state index in [9.17, 15) is 9.59 Å². The van der Waals surface area contributed by atoms with Gasteiger partial charge in [0.15, 0.2) is 0 Å². The van der Waals surface area contributed by atoms with Gasteiger partial charge in [-0.25, -0.2) is 4.68 Å². The Morgan fingerprint density at radius 1 is 1.23 bits per heavy atom. The van der Waals surface area contributed by atoms with E-state index in [0.717, 1.165) is 50.6 Å². The molecular formula is C18H28BrN5O2. The van der Waals surface area contributed by atoms with E-state index >= 15 is 0 Å². The third-order valence-corrected chi connectivity index (χ3v) is 6.27. The van der Waals surface area contributed by atoms with Crippen LogP contribution in [-0.4, -0.2) is 59.4 Å². The van der Waals surface area contributed by atoms with Crippen molar-refractivity contribution >= 4 is 27.5 Å². The number of amides is 1. The van der Waals surface area contributed by atoms with Gasteiger partial charge in [0.25, 0.3) is 5.56 Å². The quantitative estimate of drug-likeness (QED) is 0.788. The molecular weight excluding hydrogens is 398 g/mol. The lowest BCUT2D eigenvalue weighted by Gasteiger charge is -2.36. The number of piperazine rings is 1. The first-order chi connectivity index (χ1) is 12.4. The van der Waals surface area contributed by atoms with Crippen LogP contribution in [0.5, 0.6) is 0 Å². The molecule has 1 aliphatic carbocycles. The molecule has 1 saturated heterocycles. The summed E-state index contributed by atoms with van der Waals surface area (Å²) in [5, 5.41) is 7.30. The Morgan fingerprint density at radius 2 is 1.88 bits per heavy atom. The van der Waals surface area contributed by atoms with Gasteiger partial charge in [-0.15, -0.1) is 0 Å². The second kappa shape index (κ2) is 8.52. The highest BCUT2D eigenvalue weighted by molar-refractivity contribution is 9.10. The molecule has 144 valence electrons. The third-order valence-electron chi connectivity index (χ3n) is 5.52. The van der Waals surface area contributed by atoms with Gasteiger partial charge in [-0.2, -0.15) is 5.10 Å². The number of hydrogen-bond acceptors (Lipinski definition) is 5. The smallest absolute Gasteiger partial charge is 0.282 e. The lowest BCUT2D eigenvalue weighted by Crippen LogP contribution is -2.51. The van der Waals surface area contributed by atoms with Crippen LogP contribution in [-0.2, 0) is 11.8 Å². The van der Waals surface area contributed by atoms with E-state index in [4.69, 9.17) is 0 Å². The molecule has 1 aromatic rings. The average Bonchev–Trinajstić information content (AvgIpc) is 2.63. The highest BCUT2D eigenvalue weighted by atomic mass is 79.9. The van der Waals surface area contributed by atoms with Gasteiger partial charge in [0, 0.05) is 39.3 Å². The fraction of sp³-hybridized carbons (Fsp3) is 0.722. The lowest BCUT2D eigenvalue weighted by atomic mass is 9.87. The summed E-state index contributed by atoms with van der Waals surface area (Å²) in [4.78, 5) is 28.7. The molecule has 7 nitrogen and oxygen atoms in total. The van der Waals surface area contributed by atoms with Gasteiger partial charge in [0.2, 0.25) is 5.91 Å². The van der Waals surface area contributed by atoms with E-state index in [2.05, 4.69) is 43.1 Å². The molecule has 26 heavy (non-hydrogen) atoms. The molecule has 0 radical (unpaired) electrons. The highest BCUT2D eigenvalue weighted by Gasteiger charge is 2.24. The Hall–Kier alpha value is -1.41. The minimum atomic E-state index is -0.133. The van der Waals surface area contributed by atoms with Gasteiger partial charge in [-0.1, -0.05) is 6.92 Å². The van der Waals surface area contributed by atoms with Crippen LogP contribution in [0.25, 0.3) is 0 Å². The number of hydrogen-bond donors (Lipinski definition) is 1. The van der Waals surface area contributed by atoms with Crippen LogP contribution in [0.2, 0.25) is 0 Å². The SMILES string of the molecule is CC1CCC(NC(=O)CN2CCN(c3cnn(C)c(=O)c3Br)CC2)CC1. The predicted molar refractivity (Wildman–Crippen MR) is 105 cm³/mol. The molecule has 8 heteroatoms. The molecule has 2 fully saturated rings. The molecule has 3 rings (SSSR count). The summed E-state index contributed by atoms with van der Waals surface area (Å²) in [7, 11) is 1.64. The molecule has 0 atom stereocenters. The van der Waals surface area contributed by atoms with Crippen LogP contribution < -0.4 is 15.8 Å². The molecule has 1 saturated carbocycles. The van der Waals surface area contributed by atoms with Crippen molar-refractivity contribution in [2.75, 3.05) is 37.6 Å². The first-order valence-electron chi connectivity index (χ1n) is 9.42. The summed E-state index contributed by atoms with van der Waals surface area (Å²) in [6.45, 7) is 5.90. The standard InChI is InChI=1S/C18H28BrN5O2/c1-13-3-5-14(6-4-13)21-16(25)12-23-7-9-24(10-8-23)15-11-20-22(2)18(26)17(15)19/h11,13-14H,3-10,12H2,1-2H3,(H,21,25). The van der Waals surface area contributed by atoms with Crippen LogP contribution in [0.4, 0.5) is 5.69 Å².